The third-order valence-corrected chi connectivity index (χ3v) is 6.97. The van der Waals surface area contributed by atoms with Crippen LogP contribution in [-0.4, -0.2) is 59.7 Å². The van der Waals surface area contributed by atoms with E-state index in [1.807, 2.05) is 31.6 Å². The van der Waals surface area contributed by atoms with Crippen molar-refractivity contribution in [2.24, 2.45) is 11.4 Å². The summed E-state index contributed by atoms with van der Waals surface area (Å²) >= 11 is 0. The molecule has 1 fully saturated rings. The van der Waals surface area contributed by atoms with Crippen LogP contribution < -0.4 is 10.2 Å². The van der Waals surface area contributed by atoms with Crippen molar-refractivity contribution in [3.8, 4) is 0 Å². The van der Waals surface area contributed by atoms with Crippen LogP contribution in [-0.2, 0) is 26.9 Å². The molecule has 2 atom stereocenters. The van der Waals surface area contributed by atoms with Crippen LogP contribution in [0.4, 0.5) is 29.1 Å². The Kier molecular flexibility index (Phi) is 5.17. The Bertz CT molecular complexity index is 1370. The molecule has 0 amide bonds. The number of anilines is 4. The number of hydrogen-bond acceptors (Lipinski definition) is 9. The lowest BCUT2D eigenvalue weighted by Gasteiger charge is -2.46. The minimum Gasteiger partial charge on any atom is -0.374 e. The van der Waals surface area contributed by atoms with E-state index in [1.54, 1.807) is 29.5 Å². The van der Waals surface area contributed by atoms with Crippen LogP contribution in [0.2, 0.25) is 0 Å². The predicted octanol–water partition coefficient (Wildman–Crippen LogP) is 3.68. The van der Waals surface area contributed by atoms with Crippen LogP contribution in [0.3, 0.4) is 0 Å². The maximum Gasteiger partial charge on any atom is 0.229 e. The SMILES string of the molecule is Cn1cc(Nc2ncc3c(n2)N(c2cccc(N=S(C)(C)=O)n2)[C@@H]2CC(C)(C)OC[C@]32C)cn1. The van der Waals surface area contributed by atoms with Crippen LogP contribution in [0.5, 0.6) is 0 Å². The maximum absolute atomic E-state index is 12.3. The van der Waals surface area contributed by atoms with Crippen molar-refractivity contribution < 1.29 is 8.95 Å². The van der Waals surface area contributed by atoms with Gasteiger partial charge in [0.25, 0.3) is 0 Å². The molecular formula is C23H30N8O2S. The largest absolute Gasteiger partial charge is 0.374 e. The van der Waals surface area contributed by atoms with E-state index in [1.165, 1.54) is 0 Å². The standard InChI is InChI=1S/C23H30N8O2S/c1-22(2)10-17-23(3,14-33-22)16-12-24-21(26-15-11-25-30(4)13-15)28-20(16)31(17)19-9-7-8-18(27-19)29-34(5,6)32/h7-9,11-13,17H,10,14H2,1-6H3,(H,24,26,28)/t17-,23-/m1/s1. The molecule has 5 heterocycles. The summed E-state index contributed by atoms with van der Waals surface area (Å²) < 4.78 is 24.6. The van der Waals surface area contributed by atoms with Crippen molar-refractivity contribution in [2.45, 2.75) is 44.2 Å². The van der Waals surface area contributed by atoms with E-state index in [0.717, 1.165) is 23.5 Å². The van der Waals surface area contributed by atoms with Gasteiger partial charge in [-0.25, -0.2) is 14.2 Å². The van der Waals surface area contributed by atoms with Gasteiger partial charge in [-0.1, -0.05) is 13.0 Å². The van der Waals surface area contributed by atoms with Gasteiger partial charge in [-0.2, -0.15) is 14.4 Å². The number of nitrogens with one attached hydrogen (secondary N) is 1. The Morgan fingerprint density at radius 2 is 2.00 bits per heavy atom. The Labute approximate surface area is 200 Å². The molecule has 34 heavy (non-hydrogen) atoms. The molecule has 10 nitrogen and oxygen atoms in total. The number of rotatable bonds is 4. The molecule has 2 aliphatic heterocycles. The first-order valence-electron chi connectivity index (χ1n) is 11.1. The van der Waals surface area contributed by atoms with E-state index in [4.69, 9.17) is 14.7 Å². The molecule has 0 saturated carbocycles. The molecule has 1 saturated heterocycles. The summed E-state index contributed by atoms with van der Waals surface area (Å²) in [5.41, 5.74) is 1.22. The van der Waals surface area contributed by atoms with Gasteiger partial charge >= 0.3 is 0 Å². The van der Waals surface area contributed by atoms with E-state index >= 15 is 0 Å². The van der Waals surface area contributed by atoms with Crippen molar-refractivity contribution in [3.05, 3.63) is 42.4 Å². The number of ether oxygens (including phenoxy) is 1. The predicted molar refractivity (Wildman–Crippen MR) is 133 cm³/mol. The molecule has 5 rings (SSSR count). The highest BCUT2D eigenvalue weighted by Crippen LogP contribution is 2.53. The number of aromatic nitrogens is 5. The van der Waals surface area contributed by atoms with Gasteiger partial charge in [0, 0.05) is 52.7 Å². The summed E-state index contributed by atoms with van der Waals surface area (Å²) in [6, 6.07) is 5.67. The molecule has 2 aliphatic rings. The molecule has 0 unspecified atom stereocenters. The van der Waals surface area contributed by atoms with Gasteiger partial charge in [-0.3, -0.25) is 4.68 Å². The first-order valence-corrected chi connectivity index (χ1v) is 13.5. The molecule has 3 aromatic rings. The van der Waals surface area contributed by atoms with Crippen molar-refractivity contribution in [2.75, 3.05) is 29.3 Å². The topological polar surface area (TPSA) is 110 Å². The van der Waals surface area contributed by atoms with E-state index < -0.39 is 9.73 Å². The van der Waals surface area contributed by atoms with Gasteiger partial charge in [0.2, 0.25) is 5.95 Å². The molecule has 0 aromatic carbocycles. The minimum absolute atomic E-state index is 0.0598. The summed E-state index contributed by atoms with van der Waals surface area (Å²) in [6.45, 7) is 6.96. The average Bonchev–Trinajstić information content (AvgIpc) is 3.24. The molecule has 3 aromatic heterocycles. The summed E-state index contributed by atoms with van der Waals surface area (Å²) in [5.74, 6) is 2.42. The Morgan fingerprint density at radius 3 is 2.71 bits per heavy atom. The van der Waals surface area contributed by atoms with Gasteiger partial charge in [0.15, 0.2) is 5.82 Å². The second-order valence-corrected chi connectivity index (χ2v) is 12.7. The van der Waals surface area contributed by atoms with Crippen LogP contribution in [0.15, 0.2) is 41.2 Å². The number of aryl methyl sites for hydroxylation is 1. The molecule has 0 aliphatic carbocycles. The molecular weight excluding hydrogens is 452 g/mol. The molecule has 0 radical (unpaired) electrons. The Hall–Kier alpha value is -3.05. The highest BCUT2D eigenvalue weighted by molar-refractivity contribution is 7.92. The van der Waals surface area contributed by atoms with Crippen molar-refractivity contribution >= 4 is 38.8 Å². The van der Waals surface area contributed by atoms with Gasteiger partial charge < -0.3 is 15.0 Å². The number of nitrogens with zero attached hydrogens (tertiary/aromatic N) is 7. The van der Waals surface area contributed by atoms with E-state index in [2.05, 4.69) is 45.4 Å². The van der Waals surface area contributed by atoms with Crippen molar-refractivity contribution in [1.82, 2.24) is 24.7 Å². The zero-order valence-electron chi connectivity index (χ0n) is 20.3. The fraction of sp³-hybridized carbons (Fsp3) is 0.478. The molecule has 0 spiro atoms. The fourth-order valence-corrected chi connectivity index (χ4v) is 5.25. The van der Waals surface area contributed by atoms with Gasteiger partial charge in [-0.05, 0) is 32.4 Å². The molecule has 0 bridgehead atoms. The maximum atomic E-state index is 12.3. The van der Waals surface area contributed by atoms with E-state index in [-0.39, 0.29) is 17.1 Å². The smallest absolute Gasteiger partial charge is 0.229 e. The summed E-state index contributed by atoms with van der Waals surface area (Å²) in [5, 5.41) is 7.44. The lowest BCUT2D eigenvalue weighted by molar-refractivity contribution is -0.0893. The van der Waals surface area contributed by atoms with Gasteiger partial charge in [-0.15, -0.1) is 0 Å². The molecule has 180 valence electrons. The lowest BCUT2D eigenvalue weighted by atomic mass is 9.73. The van der Waals surface area contributed by atoms with Crippen molar-refractivity contribution in [3.63, 3.8) is 0 Å². The van der Waals surface area contributed by atoms with Crippen LogP contribution in [0.1, 0.15) is 32.8 Å². The van der Waals surface area contributed by atoms with Crippen LogP contribution in [0.25, 0.3) is 0 Å². The lowest BCUT2D eigenvalue weighted by Crippen LogP contribution is -2.54. The summed E-state index contributed by atoms with van der Waals surface area (Å²) in [4.78, 5) is 16.5. The highest BCUT2D eigenvalue weighted by atomic mass is 32.2. The first-order chi connectivity index (χ1) is 15.9. The van der Waals surface area contributed by atoms with E-state index in [0.29, 0.717) is 24.2 Å². The number of hydrogen-bond donors (Lipinski definition) is 1. The van der Waals surface area contributed by atoms with Gasteiger partial charge in [0.1, 0.15) is 11.6 Å². The zero-order chi connectivity index (χ0) is 24.3. The second kappa shape index (κ2) is 7.74. The summed E-state index contributed by atoms with van der Waals surface area (Å²) in [7, 11) is -0.481. The Balaban J connectivity index is 1.63. The van der Waals surface area contributed by atoms with Crippen molar-refractivity contribution in [1.29, 1.82) is 0 Å². The van der Waals surface area contributed by atoms with Crippen LogP contribution >= 0.6 is 0 Å². The number of fused-ring (bicyclic) bond motifs is 3. The Morgan fingerprint density at radius 1 is 1.21 bits per heavy atom. The molecule has 11 heteroatoms. The third-order valence-electron chi connectivity index (χ3n) is 6.35. The third kappa shape index (κ3) is 4.14. The van der Waals surface area contributed by atoms with Crippen LogP contribution in [0, 0.1) is 0 Å². The number of pyridine rings is 1. The summed E-state index contributed by atoms with van der Waals surface area (Å²) in [6.07, 6.45) is 9.47. The monoisotopic (exact) mass is 482 g/mol. The molecule has 1 N–H and O–H groups in total. The fourth-order valence-electron chi connectivity index (χ4n) is 4.70. The van der Waals surface area contributed by atoms with E-state index in [9.17, 15) is 4.21 Å². The zero-order valence-corrected chi connectivity index (χ0v) is 21.1. The quantitative estimate of drug-likeness (QED) is 0.600. The average molecular weight is 483 g/mol. The highest BCUT2D eigenvalue weighted by Gasteiger charge is 2.55. The normalized spacial score (nSPS) is 23.4. The minimum atomic E-state index is -2.34. The second-order valence-electron chi connectivity index (χ2n) is 10.1. The first kappa shape index (κ1) is 22.7. The van der Waals surface area contributed by atoms with Gasteiger partial charge in [0.05, 0.1) is 30.1 Å².